The van der Waals surface area contributed by atoms with Gasteiger partial charge < -0.3 is 5.32 Å². The maximum absolute atomic E-state index is 12.5. The number of fused-ring (bicyclic) bond motifs is 2. The van der Waals surface area contributed by atoms with E-state index in [-0.39, 0.29) is 5.91 Å². The Hall–Kier alpha value is -1.74. The third-order valence-corrected chi connectivity index (χ3v) is 6.78. The first kappa shape index (κ1) is 16.7. The normalized spacial score (nSPS) is 24.4. The Balaban J connectivity index is 1.31. The lowest BCUT2D eigenvalue weighted by atomic mass is 9.95. The fourth-order valence-corrected chi connectivity index (χ4v) is 5.08. The van der Waals surface area contributed by atoms with E-state index in [0.717, 1.165) is 23.2 Å². The average Bonchev–Trinajstić information content (AvgIpc) is 3.25. The molecule has 1 N–H and O–H groups in total. The second-order valence-corrected chi connectivity index (χ2v) is 8.60. The van der Waals surface area contributed by atoms with Gasteiger partial charge >= 0.3 is 0 Å². The topological polar surface area (TPSA) is 29.1 Å². The Morgan fingerprint density at radius 1 is 1.04 bits per heavy atom. The number of carbonyl (C=O) groups is 1. The number of aryl methyl sites for hydroxylation is 1. The molecule has 2 aliphatic carbocycles. The summed E-state index contributed by atoms with van der Waals surface area (Å²) in [4.78, 5) is 13.8. The van der Waals surface area contributed by atoms with Gasteiger partial charge in [0.1, 0.15) is 0 Å². The number of nitrogens with one attached hydrogen (secondary N) is 1. The standard InChI is InChI=1S/C22H25NOS/c1-15-2-10-20(11-3-15)25-14-16-4-7-18(8-5-16)22(24)23-21-13-17-6-9-19(21)12-17/h2-5,7-8,10-11,17,19,21H,6,9,12-14H2,1H3,(H,23,24)/t17-,19-,21-/m1/s1. The minimum atomic E-state index is 0.0929. The number of hydrogen-bond acceptors (Lipinski definition) is 2. The molecule has 0 heterocycles. The van der Waals surface area contributed by atoms with Crippen LogP contribution in [0.25, 0.3) is 0 Å². The lowest BCUT2D eigenvalue weighted by molar-refractivity contribution is 0.0923. The molecule has 0 unspecified atom stereocenters. The molecule has 130 valence electrons. The molecule has 1 amide bonds. The Morgan fingerprint density at radius 3 is 2.44 bits per heavy atom. The number of carbonyl (C=O) groups excluding carboxylic acids is 1. The summed E-state index contributed by atoms with van der Waals surface area (Å²) >= 11 is 1.83. The zero-order valence-electron chi connectivity index (χ0n) is 14.7. The van der Waals surface area contributed by atoms with Gasteiger partial charge in [-0.1, -0.05) is 36.2 Å². The van der Waals surface area contributed by atoms with Crippen LogP contribution in [0.5, 0.6) is 0 Å². The van der Waals surface area contributed by atoms with E-state index < -0.39 is 0 Å². The third kappa shape index (κ3) is 3.92. The van der Waals surface area contributed by atoms with Gasteiger partial charge in [-0.2, -0.15) is 0 Å². The summed E-state index contributed by atoms with van der Waals surface area (Å²) in [7, 11) is 0. The van der Waals surface area contributed by atoms with Crippen LogP contribution in [-0.4, -0.2) is 11.9 Å². The van der Waals surface area contributed by atoms with Gasteiger partial charge in [-0.3, -0.25) is 4.79 Å². The number of amides is 1. The smallest absolute Gasteiger partial charge is 0.251 e. The van der Waals surface area contributed by atoms with Crippen molar-refractivity contribution in [3.8, 4) is 0 Å². The minimum Gasteiger partial charge on any atom is -0.349 e. The molecule has 0 aromatic heterocycles. The SMILES string of the molecule is Cc1ccc(SCc2ccc(C(=O)N[C@@H]3C[C@@H]4CC[C@@H]3C4)cc2)cc1. The van der Waals surface area contributed by atoms with Crippen molar-refractivity contribution in [3.63, 3.8) is 0 Å². The van der Waals surface area contributed by atoms with Gasteiger partial charge in [-0.15, -0.1) is 11.8 Å². The van der Waals surface area contributed by atoms with Crippen molar-refractivity contribution >= 4 is 17.7 Å². The van der Waals surface area contributed by atoms with Gasteiger partial charge in [0.2, 0.25) is 0 Å². The summed E-state index contributed by atoms with van der Waals surface area (Å²) in [5.41, 5.74) is 3.32. The molecule has 0 saturated heterocycles. The van der Waals surface area contributed by atoms with Gasteiger partial charge in [0.05, 0.1) is 0 Å². The summed E-state index contributed by atoms with van der Waals surface area (Å²) in [6.07, 6.45) is 5.16. The number of rotatable bonds is 5. The molecule has 2 nitrogen and oxygen atoms in total. The predicted molar refractivity (Wildman–Crippen MR) is 104 cm³/mol. The Kier molecular flexibility index (Phi) is 4.85. The molecule has 3 atom stereocenters. The molecule has 0 spiro atoms. The molecule has 2 aromatic rings. The fourth-order valence-electron chi connectivity index (χ4n) is 4.23. The van der Waals surface area contributed by atoms with E-state index in [9.17, 15) is 4.79 Å². The predicted octanol–water partition coefficient (Wildman–Crippen LogP) is 5.21. The van der Waals surface area contributed by atoms with E-state index >= 15 is 0 Å². The molecular weight excluding hydrogens is 326 g/mol. The summed E-state index contributed by atoms with van der Waals surface area (Å²) in [6.45, 7) is 2.11. The molecule has 25 heavy (non-hydrogen) atoms. The molecule has 2 saturated carbocycles. The van der Waals surface area contributed by atoms with Crippen LogP contribution < -0.4 is 5.32 Å². The van der Waals surface area contributed by atoms with E-state index in [4.69, 9.17) is 0 Å². The first-order chi connectivity index (χ1) is 12.2. The van der Waals surface area contributed by atoms with Crippen molar-refractivity contribution < 1.29 is 4.79 Å². The zero-order valence-corrected chi connectivity index (χ0v) is 15.5. The lowest BCUT2D eigenvalue weighted by Crippen LogP contribution is -2.38. The number of benzene rings is 2. The molecule has 2 fully saturated rings. The van der Waals surface area contributed by atoms with Crippen LogP contribution in [0.2, 0.25) is 0 Å². The Bertz CT molecular complexity index is 738. The lowest BCUT2D eigenvalue weighted by Gasteiger charge is -2.22. The van der Waals surface area contributed by atoms with Crippen molar-refractivity contribution in [1.82, 2.24) is 5.32 Å². The maximum atomic E-state index is 12.5. The monoisotopic (exact) mass is 351 g/mol. The summed E-state index contributed by atoms with van der Waals surface area (Å²) in [5.74, 6) is 2.60. The van der Waals surface area contributed by atoms with Crippen LogP contribution in [0.1, 0.15) is 47.2 Å². The van der Waals surface area contributed by atoms with E-state index in [1.54, 1.807) is 0 Å². The highest BCUT2D eigenvalue weighted by Gasteiger charge is 2.40. The minimum absolute atomic E-state index is 0.0929. The van der Waals surface area contributed by atoms with Crippen molar-refractivity contribution in [2.24, 2.45) is 11.8 Å². The quantitative estimate of drug-likeness (QED) is 0.750. The molecule has 2 bridgehead atoms. The number of hydrogen-bond donors (Lipinski definition) is 1. The first-order valence-corrected chi connectivity index (χ1v) is 10.3. The van der Waals surface area contributed by atoms with Crippen LogP contribution in [0.4, 0.5) is 0 Å². The third-order valence-electron chi connectivity index (χ3n) is 5.70. The zero-order chi connectivity index (χ0) is 17.2. The molecule has 0 aliphatic heterocycles. The molecular formula is C22H25NOS. The van der Waals surface area contributed by atoms with Crippen LogP contribution >= 0.6 is 11.8 Å². The highest BCUT2D eigenvalue weighted by Crippen LogP contribution is 2.44. The van der Waals surface area contributed by atoms with E-state index in [0.29, 0.717) is 6.04 Å². The van der Waals surface area contributed by atoms with Crippen LogP contribution in [-0.2, 0) is 5.75 Å². The van der Waals surface area contributed by atoms with Gasteiger partial charge in [-0.05, 0) is 67.9 Å². The molecule has 2 aliphatic rings. The van der Waals surface area contributed by atoms with Gasteiger partial charge in [0, 0.05) is 22.3 Å². The van der Waals surface area contributed by atoms with Crippen LogP contribution in [0.3, 0.4) is 0 Å². The molecule has 0 radical (unpaired) electrons. The Labute approximate surface area is 154 Å². The van der Waals surface area contributed by atoms with Gasteiger partial charge in [0.25, 0.3) is 5.91 Å². The molecule has 4 rings (SSSR count). The molecule has 3 heteroatoms. The highest BCUT2D eigenvalue weighted by atomic mass is 32.2. The second kappa shape index (κ2) is 7.25. The Morgan fingerprint density at radius 2 is 1.80 bits per heavy atom. The summed E-state index contributed by atoms with van der Waals surface area (Å²) in [6, 6.07) is 17.1. The van der Waals surface area contributed by atoms with Crippen molar-refractivity contribution in [1.29, 1.82) is 0 Å². The summed E-state index contributed by atoms with van der Waals surface area (Å²) in [5, 5.41) is 3.27. The van der Waals surface area contributed by atoms with E-state index in [1.165, 1.54) is 41.7 Å². The number of thioether (sulfide) groups is 1. The van der Waals surface area contributed by atoms with Crippen molar-refractivity contribution in [2.75, 3.05) is 0 Å². The van der Waals surface area contributed by atoms with Crippen LogP contribution in [0.15, 0.2) is 53.4 Å². The molecule has 2 aromatic carbocycles. The average molecular weight is 352 g/mol. The van der Waals surface area contributed by atoms with Crippen molar-refractivity contribution in [2.45, 2.75) is 49.3 Å². The summed E-state index contributed by atoms with van der Waals surface area (Å²) < 4.78 is 0. The largest absolute Gasteiger partial charge is 0.349 e. The van der Waals surface area contributed by atoms with Gasteiger partial charge in [0.15, 0.2) is 0 Å². The van der Waals surface area contributed by atoms with Crippen LogP contribution in [0, 0.1) is 18.8 Å². The van der Waals surface area contributed by atoms with E-state index in [1.807, 2.05) is 23.9 Å². The maximum Gasteiger partial charge on any atom is 0.251 e. The first-order valence-electron chi connectivity index (χ1n) is 9.26. The highest BCUT2D eigenvalue weighted by molar-refractivity contribution is 7.98. The fraction of sp³-hybridized carbons (Fsp3) is 0.409. The van der Waals surface area contributed by atoms with E-state index in [2.05, 4.69) is 48.6 Å². The second-order valence-electron chi connectivity index (χ2n) is 7.55. The van der Waals surface area contributed by atoms with Gasteiger partial charge in [-0.25, -0.2) is 0 Å². The van der Waals surface area contributed by atoms with Crippen molar-refractivity contribution in [3.05, 3.63) is 65.2 Å².